The molecule has 2 rings (SSSR count). The Morgan fingerprint density at radius 3 is 2.68 bits per heavy atom. The Morgan fingerprint density at radius 2 is 2.16 bits per heavy atom. The van der Waals surface area contributed by atoms with Gasteiger partial charge >= 0.3 is 11.7 Å². The van der Waals surface area contributed by atoms with E-state index in [1.165, 1.54) is 12.3 Å². The van der Waals surface area contributed by atoms with Crippen molar-refractivity contribution in [1.82, 2.24) is 9.55 Å². The molecule has 0 amide bonds. The van der Waals surface area contributed by atoms with Crippen LogP contribution in [0.4, 0.5) is 14.6 Å². The van der Waals surface area contributed by atoms with E-state index in [-0.39, 0.29) is 25.6 Å². The molecule has 1 aliphatic heterocycles. The highest BCUT2D eigenvalue weighted by Gasteiger charge is 2.52. The van der Waals surface area contributed by atoms with E-state index < -0.39 is 46.6 Å². The normalized spacial score (nSPS) is 20.5. The van der Waals surface area contributed by atoms with E-state index in [4.69, 9.17) is 19.8 Å². The molecule has 1 fully saturated rings. The number of halogens is 2. The molecule has 2 unspecified atom stereocenters. The number of aromatic nitrogens is 2. The summed E-state index contributed by atoms with van der Waals surface area (Å²) in [6.45, 7) is 7.20. The van der Waals surface area contributed by atoms with Crippen molar-refractivity contribution in [1.29, 1.82) is 0 Å². The minimum absolute atomic E-state index is 0.0160. The van der Waals surface area contributed by atoms with Crippen LogP contribution >= 0.6 is 10.3 Å². The van der Waals surface area contributed by atoms with E-state index in [9.17, 15) is 18.4 Å². The second-order valence-electron chi connectivity index (χ2n) is 6.76. The molecule has 1 aliphatic rings. The molecule has 0 bridgehead atoms. The zero-order valence-corrected chi connectivity index (χ0v) is 18.8. The molecule has 0 spiro atoms. The molecule has 0 radical (unpaired) electrons. The van der Waals surface area contributed by atoms with Crippen LogP contribution < -0.4 is 11.4 Å². The van der Waals surface area contributed by atoms with Gasteiger partial charge in [-0.2, -0.15) is 4.98 Å². The van der Waals surface area contributed by atoms with Crippen LogP contribution in [0.2, 0.25) is 0 Å². The molecule has 0 aliphatic carbocycles. The first-order chi connectivity index (χ1) is 14.5. The summed E-state index contributed by atoms with van der Waals surface area (Å²) in [4.78, 5) is 25.3. The molecule has 0 aromatic carbocycles. The van der Waals surface area contributed by atoms with Gasteiger partial charge in [0.25, 0.3) is 5.92 Å². The van der Waals surface area contributed by atoms with Gasteiger partial charge in [0.1, 0.15) is 12.4 Å². The van der Waals surface area contributed by atoms with Gasteiger partial charge in [-0.05, 0) is 23.8 Å². The number of nitrogens with zero attached hydrogens (tertiary/aromatic N) is 2. The molecule has 2 heterocycles. The third-order valence-corrected chi connectivity index (χ3v) is 7.70. The quantitative estimate of drug-likeness (QED) is 0.416. The summed E-state index contributed by atoms with van der Waals surface area (Å²) in [6, 6.07) is 1.29. The van der Waals surface area contributed by atoms with Crippen LogP contribution in [0, 0.1) is 0 Å². The van der Waals surface area contributed by atoms with Crippen LogP contribution in [-0.4, -0.2) is 70.2 Å². The fourth-order valence-corrected chi connectivity index (χ4v) is 3.74. The first-order valence-corrected chi connectivity index (χ1v) is 12.0. The lowest BCUT2D eigenvalue weighted by molar-refractivity contribution is -0.138. The average Bonchev–Trinajstić information content (AvgIpc) is 3.04. The maximum Gasteiger partial charge on any atom is 0.351 e. The predicted octanol–water partition coefficient (Wildman–Crippen LogP) is 1.86. The molecule has 1 aromatic heterocycles. The SMILES string of the molecule is C=CC(=O)OCCO.CCS(C)(CC)OCC1CC(F)(F)C(n2ccc(N)nc2=O)O1. The van der Waals surface area contributed by atoms with Gasteiger partial charge in [0.05, 0.1) is 19.3 Å². The van der Waals surface area contributed by atoms with E-state index >= 15 is 0 Å². The number of aliphatic hydroxyl groups is 1. The van der Waals surface area contributed by atoms with E-state index in [2.05, 4.69) is 16.3 Å². The van der Waals surface area contributed by atoms with Crippen molar-refractivity contribution in [3.8, 4) is 0 Å². The van der Waals surface area contributed by atoms with Gasteiger partial charge in [0, 0.05) is 18.7 Å². The standard InChI is InChI=1S/C14H23F2N3O3S.C5H8O3/c1-4-23(3,5-2)21-9-10-8-14(15,16)12(22-10)19-7-6-11(17)18-13(19)20;1-2-5(7)8-4-3-6/h6-7,10,12H,4-5,8-9H2,1-3H3,(H2,17,18,20);2,6H,1,3-4H2. The molecule has 1 aromatic rings. The minimum atomic E-state index is -3.17. The largest absolute Gasteiger partial charge is 0.460 e. The molecule has 9 nitrogen and oxygen atoms in total. The Morgan fingerprint density at radius 1 is 1.52 bits per heavy atom. The van der Waals surface area contributed by atoms with Gasteiger partial charge in [0.2, 0.25) is 6.23 Å². The highest BCUT2D eigenvalue weighted by atomic mass is 32.3. The van der Waals surface area contributed by atoms with Crippen LogP contribution in [0.3, 0.4) is 0 Å². The second kappa shape index (κ2) is 12.1. The van der Waals surface area contributed by atoms with Crippen LogP contribution in [0.15, 0.2) is 29.7 Å². The summed E-state index contributed by atoms with van der Waals surface area (Å²) in [5, 5.41) is 8.10. The number of nitrogen functional groups attached to an aromatic ring is 1. The number of anilines is 1. The maximum absolute atomic E-state index is 14.2. The fourth-order valence-electron chi connectivity index (χ4n) is 2.52. The van der Waals surface area contributed by atoms with E-state index in [0.717, 1.165) is 22.1 Å². The van der Waals surface area contributed by atoms with Crippen LogP contribution in [0.25, 0.3) is 0 Å². The Bertz CT molecular complexity index is 788. The van der Waals surface area contributed by atoms with Gasteiger partial charge in [-0.15, -0.1) is 10.3 Å². The van der Waals surface area contributed by atoms with Crippen molar-refractivity contribution in [2.24, 2.45) is 0 Å². The monoisotopic (exact) mass is 467 g/mol. The maximum atomic E-state index is 14.2. The molecule has 12 heteroatoms. The smallest absolute Gasteiger partial charge is 0.351 e. The van der Waals surface area contributed by atoms with Crippen LogP contribution in [-0.2, 0) is 18.5 Å². The van der Waals surface area contributed by atoms with Crippen molar-refractivity contribution in [3.05, 3.63) is 35.4 Å². The topological polar surface area (TPSA) is 126 Å². The predicted molar refractivity (Wildman–Crippen MR) is 115 cm³/mol. The third kappa shape index (κ3) is 8.20. The molecule has 0 saturated carbocycles. The zero-order chi connectivity index (χ0) is 23.7. The summed E-state index contributed by atoms with van der Waals surface area (Å²) in [5.41, 5.74) is 4.52. The number of aliphatic hydroxyl groups excluding tert-OH is 1. The summed E-state index contributed by atoms with van der Waals surface area (Å²) >= 11 is 0. The number of hydrogen-bond donors (Lipinski definition) is 2. The van der Waals surface area contributed by atoms with Crippen molar-refractivity contribution in [2.75, 3.05) is 43.3 Å². The number of hydrogen-bond acceptors (Lipinski definition) is 8. The summed E-state index contributed by atoms with van der Waals surface area (Å²) in [5.74, 6) is -1.97. The summed E-state index contributed by atoms with van der Waals surface area (Å²) < 4.78 is 44.8. The van der Waals surface area contributed by atoms with Crippen LogP contribution in [0.1, 0.15) is 26.5 Å². The summed E-state index contributed by atoms with van der Waals surface area (Å²) in [7, 11) is -1.26. The first-order valence-electron chi connectivity index (χ1n) is 9.68. The molecular weight excluding hydrogens is 436 g/mol. The van der Waals surface area contributed by atoms with E-state index in [1.807, 2.05) is 20.1 Å². The Labute approximate surface area is 181 Å². The van der Waals surface area contributed by atoms with Gasteiger partial charge in [-0.1, -0.05) is 20.4 Å². The lowest BCUT2D eigenvalue weighted by Gasteiger charge is -2.34. The first kappa shape index (κ1) is 27.0. The molecular formula is C19H31F2N3O6S. The lowest BCUT2D eigenvalue weighted by Crippen LogP contribution is -2.35. The number of ether oxygens (including phenoxy) is 2. The zero-order valence-electron chi connectivity index (χ0n) is 18.0. The van der Waals surface area contributed by atoms with Gasteiger partial charge in [-0.25, -0.2) is 18.4 Å². The van der Waals surface area contributed by atoms with E-state index in [0.29, 0.717) is 0 Å². The van der Waals surface area contributed by atoms with Crippen molar-refractivity contribution >= 4 is 22.1 Å². The number of nitrogens with two attached hydrogens (primary N) is 1. The van der Waals surface area contributed by atoms with Gasteiger partial charge in [0.15, 0.2) is 0 Å². The van der Waals surface area contributed by atoms with Gasteiger partial charge in [-0.3, -0.25) is 4.57 Å². The highest BCUT2D eigenvalue weighted by Crippen LogP contribution is 2.47. The molecule has 3 N–H and O–H groups in total. The summed E-state index contributed by atoms with van der Waals surface area (Å²) in [6.07, 6.45) is 1.32. The fraction of sp³-hybridized carbons (Fsp3) is 0.632. The third-order valence-electron chi connectivity index (χ3n) is 4.55. The average molecular weight is 468 g/mol. The van der Waals surface area contributed by atoms with Crippen molar-refractivity contribution in [3.63, 3.8) is 0 Å². The van der Waals surface area contributed by atoms with Gasteiger partial charge < -0.3 is 24.5 Å². The molecule has 31 heavy (non-hydrogen) atoms. The number of alkyl halides is 2. The number of rotatable bonds is 9. The van der Waals surface area contributed by atoms with Crippen molar-refractivity contribution in [2.45, 2.75) is 38.5 Å². The highest BCUT2D eigenvalue weighted by molar-refractivity contribution is 8.29. The molecule has 1 saturated heterocycles. The Kier molecular flexibility index (Phi) is 10.6. The lowest BCUT2D eigenvalue weighted by atomic mass is 10.2. The van der Waals surface area contributed by atoms with Crippen molar-refractivity contribution < 1.29 is 32.3 Å². The number of esters is 1. The number of carbonyl (C=O) groups excluding carboxylic acids is 1. The molecule has 2 atom stereocenters. The Balaban J connectivity index is 0.000000512. The van der Waals surface area contributed by atoms with Crippen LogP contribution in [0.5, 0.6) is 0 Å². The van der Waals surface area contributed by atoms with E-state index in [1.54, 1.807) is 0 Å². The second-order valence-corrected chi connectivity index (χ2v) is 10.5. The number of carbonyl (C=O) groups is 1. The minimum Gasteiger partial charge on any atom is -0.460 e. The Hall–Kier alpha value is -2.02. The molecule has 178 valence electrons.